The first kappa shape index (κ1) is 39.0. The molecule has 2 aliphatic heterocycles. The Hall–Kier alpha value is -6.58. The molecule has 0 atom stereocenters. The normalized spacial score (nSPS) is 14.8. The van der Waals surface area contributed by atoms with Gasteiger partial charge >= 0.3 is 0 Å². The monoisotopic (exact) mass is 827 g/mol. The molecule has 312 valence electrons. The number of anilines is 3. The molecule has 0 saturated carbocycles. The molecule has 2 nitrogen and oxygen atoms in total. The van der Waals surface area contributed by atoms with Crippen molar-refractivity contribution in [2.45, 2.75) is 84.0 Å². The maximum atomic E-state index is 7.30. The van der Waals surface area contributed by atoms with Crippen LogP contribution in [-0.4, -0.2) is 6.71 Å². The zero-order chi connectivity index (χ0) is 44.1. The molecule has 2 aliphatic carbocycles. The number of fused-ring (bicyclic) bond motifs is 14. The Labute approximate surface area is 379 Å². The Morgan fingerprint density at radius 2 is 0.922 bits per heavy atom. The highest BCUT2D eigenvalue weighted by molar-refractivity contribution is 6.99. The predicted octanol–water partition coefficient (Wildman–Crippen LogP) is 14.0. The van der Waals surface area contributed by atoms with E-state index in [1.165, 1.54) is 94.5 Å². The Balaban J connectivity index is 1.17. The van der Waals surface area contributed by atoms with E-state index in [0.29, 0.717) is 0 Å². The van der Waals surface area contributed by atoms with Crippen molar-refractivity contribution in [3.8, 4) is 44.9 Å². The standard InChI is InChI=1S/C61H54BNO/c1-58(2,3)38-25-29-41(30-26-38)63-52-31-27-39(59(4,5)6)35-50(52)62-51-36-40(60(7,8)9)28-32-54(51)64-55-34-37(33-53(63)57(55)62)42-20-16-21-46-45-19-12-15-24-49(45)61(56(42)46)47-22-13-10-17-43(47)44-18-11-14-23-48(44)61/h10-36H,1-9H3. The summed E-state index contributed by atoms with van der Waals surface area (Å²) < 4.78 is 7.30. The van der Waals surface area contributed by atoms with Crippen LogP contribution >= 0.6 is 0 Å². The van der Waals surface area contributed by atoms with Crippen molar-refractivity contribution >= 4 is 40.2 Å². The summed E-state index contributed by atoms with van der Waals surface area (Å²) >= 11 is 0. The molecule has 3 heteroatoms. The van der Waals surface area contributed by atoms with Crippen molar-refractivity contribution in [3.63, 3.8) is 0 Å². The zero-order valence-electron chi connectivity index (χ0n) is 38.5. The van der Waals surface area contributed by atoms with E-state index in [9.17, 15) is 0 Å². The second-order valence-electron chi connectivity index (χ2n) is 21.7. The third-order valence-electron chi connectivity index (χ3n) is 14.8. The van der Waals surface area contributed by atoms with Crippen molar-refractivity contribution < 1.29 is 4.74 Å². The van der Waals surface area contributed by atoms with Crippen LogP contribution < -0.4 is 26.0 Å². The van der Waals surface area contributed by atoms with Crippen LogP contribution in [0.5, 0.6) is 11.5 Å². The SMILES string of the molecule is CC(C)(C)c1ccc(N2c3ccc(C(C)(C)C)cc3B3c4cc(C(C)(C)C)ccc4Oc4cc(-c5cccc6c5C5(c7ccccc7-c7ccccc75)c5ccccc5-6)cc2c43)cc1. The summed E-state index contributed by atoms with van der Waals surface area (Å²) in [6.07, 6.45) is 0. The molecule has 8 aromatic rings. The van der Waals surface area contributed by atoms with Gasteiger partial charge in [-0.25, -0.2) is 0 Å². The molecule has 1 spiro atoms. The van der Waals surface area contributed by atoms with E-state index in [1.807, 2.05) is 0 Å². The average molecular weight is 828 g/mol. The molecule has 0 aromatic heterocycles. The lowest BCUT2D eigenvalue weighted by Crippen LogP contribution is -2.60. The van der Waals surface area contributed by atoms with Crippen LogP contribution in [0.1, 0.15) is 101 Å². The molecule has 0 fully saturated rings. The quantitative estimate of drug-likeness (QED) is 0.161. The molecular weight excluding hydrogens is 773 g/mol. The van der Waals surface area contributed by atoms with Gasteiger partial charge in [-0.15, -0.1) is 0 Å². The second kappa shape index (κ2) is 13.2. The minimum absolute atomic E-state index is 0.0156. The summed E-state index contributed by atoms with van der Waals surface area (Å²) in [5, 5.41) is 0. The summed E-state index contributed by atoms with van der Waals surface area (Å²) in [6.45, 7) is 20.8. The molecule has 12 rings (SSSR count). The fraction of sp³-hybridized carbons (Fsp3) is 0.213. The third kappa shape index (κ3) is 5.40. The number of ether oxygens (including phenoxy) is 1. The van der Waals surface area contributed by atoms with Gasteiger partial charge in [0, 0.05) is 17.1 Å². The van der Waals surface area contributed by atoms with Crippen LogP contribution in [-0.2, 0) is 21.7 Å². The first-order valence-electron chi connectivity index (χ1n) is 23.1. The molecule has 8 aromatic carbocycles. The van der Waals surface area contributed by atoms with Crippen molar-refractivity contribution in [1.29, 1.82) is 0 Å². The van der Waals surface area contributed by atoms with E-state index in [1.54, 1.807) is 0 Å². The van der Waals surface area contributed by atoms with E-state index in [2.05, 4.69) is 231 Å². The van der Waals surface area contributed by atoms with E-state index >= 15 is 0 Å². The van der Waals surface area contributed by atoms with Crippen molar-refractivity contribution in [1.82, 2.24) is 0 Å². The minimum atomic E-state index is -0.485. The highest BCUT2D eigenvalue weighted by Crippen LogP contribution is 2.64. The molecule has 64 heavy (non-hydrogen) atoms. The van der Waals surface area contributed by atoms with Crippen LogP contribution in [0.3, 0.4) is 0 Å². The molecule has 0 amide bonds. The van der Waals surface area contributed by atoms with Crippen molar-refractivity contribution in [3.05, 3.63) is 203 Å². The van der Waals surface area contributed by atoms with Gasteiger partial charge in [-0.05, 0) is 141 Å². The van der Waals surface area contributed by atoms with Crippen LogP contribution in [0.2, 0.25) is 0 Å². The number of benzene rings is 8. The second-order valence-corrected chi connectivity index (χ2v) is 21.7. The molecule has 0 unspecified atom stereocenters. The maximum absolute atomic E-state index is 7.30. The van der Waals surface area contributed by atoms with Crippen LogP contribution in [0.15, 0.2) is 164 Å². The lowest BCUT2D eigenvalue weighted by molar-refractivity contribution is 0.486. The highest BCUT2D eigenvalue weighted by Gasteiger charge is 2.53. The van der Waals surface area contributed by atoms with E-state index in [0.717, 1.165) is 22.7 Å². The van der Waals surface area contributed by atoms with Crippen molar-refractivity contribution in [2.24, 2.45) is 0 Å². The molecular formula is C61H54BNO. The number of nitrogens with zero attached hydrogens (tertiary/aromatic N) is 1. The van der Waals surface area contributed by atoms with Gasteiger partial charge in [0.25, 0.3) is 6.71 Å². The van der Waals surface area contributed by atoms with Crippen LogP contribution in [0.25, 0.3) is 33.4 Å². The van der Waals surface area contributed by atoms with Gasteiger partial charge in [-0.1, -0.05) is 190 Å². The van der Waals surface area contributed by atoms with Gasteiger partial charge in [-0.3, -0.25) is 0 Å². The maximum Gasteiger partial charge on any atom is 0.256 e. The number of hydrogen-bond donors (Lipinski definition) is 0. The molecule has 0 radical (unpaired) electrons. The van der Waals surface area contributed by atoms with E-state index < -0.39 is 5.41 Å². The van der Waals surface area contributed by atoms with Crippen LogP contribution in [0, 0.1) is 0 Å². The fourth-order valence-electron chi connectivity index (χ4n) is 11.6. The lowest BCUT2D eigenvalue weighted by atomic mass is 9.33. The minimum Gasteiger partial charge on any atom is -0.458 e. The predicted molar refractivity (Wildman–Crippen MR) is 270 cm³/mol. The summed E-state index contributed by atoms with van der Waals surface area (Å²) in [5.74, 6) is 1.86. The van der Waals surface area contributed by atoms with Crippen molar-refractivity contribution in [2.75, 3.05) is 4.90 Å². The molecule has 0 bridgehead atoms. The topological polar surface area (TPSA) is 12.5 Å². The van der Waals surface area contributed by atoms with Gasteiger partial charge in [0.2, 0.25) is 0 Å². The Morgan fingerprint density at radius 3 is 1.52 bits per heavy atom. The fourth-order valence-corrected chi connectivity index (χ4v) is 11.6. The van der Waals surface area contributed by atoms with Gasteiger partial charge in [0.05, 0.1) is 5.41 Å². The first-order chi connectivity index (χ1) is 30.6. The van der Waals surface area contributed by atoms with Gasteiger partial charge < -0.3 is 9.64 Å². The summed E-state index contributed by atoms with van der Waals surface area (Å²) in [7, 11) is 0. The summed E-state index contributed by atoms with van der Waals surface area (Å²) in [4.78, 5) is 2.53. The van der Waals surface area contributed by atoms with Gasteiger partial charge in [0.15, 0.2) is 0 Å². The first-order valence-corrected chi connectivity index (χ1v) is 23.1. The Bertz CT molecular complexity index is 3200. The highest BCUT2D eigenvalue weighted by atomic mass is 16.5. The van der Waals surface area contributed by atoms with Gasteiger partial charge in [0.1, 0.15) is 11.5 Å². The molecule has 4 aliphatic rings. The average Bonchev–Trinajstić information content (AvgIpc) is 3.75. The van der Waals surface area contributed by atoms with Crippen LogP contribution in [0.4, 0.5) is 17.1 Å². The summed E-state index contributed by atoms with van der Waals surface area (Å²) in [5.41, 5.74) is 23.7. The zero-order valence-corrected chi connectivity index (χ0v) is 38.5. The molecule has 2 heterocycles. The molecule has 0 saturated heterocycles. The Kier molecular flexibility index (Phi) is 8.08. The van der Waals surface area contributed by atoms with E-state index in [-0.39, 0.29) is 23.0 Å². The number of rotatable bonds is 2. The van der Waals surface area contributed by atoms with E-state index in [4.69, 9.17) is 4.74 Å². The summed E-state index contributed by atoms with van der Waals surface area (Å²) in [6, 6.07) is 62.6. The molecule has 0 N–H and O–H groups in total. The van der Waals surface area contributed by atoms with Gasteiger partial charge in [-0.2, -0.15) is 0 Å². The lowest BCUT2D eigenvalue weighted by Gasteiger charge is -2.41. The largest absolute Gasteiger partial charge is 0.458 e. The Morgan fingerprint density at radius 1 is 0.422 bits per heavy atom. The third-order valence-corrected chi connectivity index (χ3v) is 14.8. The smallest absolute Gasteiger partial charge is 0.256 e. The number of hydrogen-bond acceptors (Lipinski definition) is 2.